The first-order valence-corrected chi connectivity index (χ1v) is 8.47. The zero-order valence-corrected chi connectivity index (χ0v) is 15.1. The number of hydrogen-bond acceptors (Lipinski definition) is 4. The largest absolute Gasteiger partial charge is 0.486 e. The standard InChI is InChI=1S/C21H20N2O4/c1-14-3-9-18(10-4-14)26-13-19-11-12-20(27-19)21(25)23-17-7-5-16(6-8-17)22-15(2)24/h3-12H,13H2,1-2H3,(H,22,24)(H,23,25). The minimum absolute atomic E-state index is 0.150. The van der Waals surface area contributed by atoms with Crippen LogP contribution in [0.2, 0.25) is 0 Å². The molecule has 6 heteroatoms. The molecule has 0 saturated carbocycles. The van der Waals surface area contributed by atoms with Crippen molar-refractivity contribution in [2.75, 3.05) is 10.6 Å². The molecule has 0 aliphatic rings. The van der Waals surface area contributed by atoms with Gasteiger partial charge in [0.2, 0.25) is 5.91 Å². The summed E-state index contributed by atoms with van der Waals surface area (Å²) in [5, 5.41) is 5.41. The van der Waals surface area contributed by atoms with Crippen molar-refractivity contribution in [3.05, 3.63) is 77.7 Å². The van der Waals surface area contributed by atoms with E-state index < -0.39 is 0 Å². The fourth-order valence-corrected chi connectivity index (χ4v) is 2.40. The van der Waals surface area contributed by atoms with Gasteiger partial charge >= 0.3 is 0 Å². The highest BCUT2D eigenvalue weighted by molar-refractivity contribution is 6.02. The van der Waals surface area contributed by atoms with Crippen molar-refractivity contribution >= 4 is 23.2 Å². The predicted octanol–water partition coefficient (Wildman–Crippen LogP) is 4.38. The lowest BCUT2D eigenvalue weighted by atomic mass is 10.2. The van der Waals surface area contributed by atoms with E-state index in [4.69, 9.17) is 9.15 Å². The van der Waals surface area contributed by atoms with E-state index in [1.807, 2.05) is 31.2 Å². The lowest BCUT2D eigenvalue weighted by Crippen LogP contribution is -2.11. The van der Waals surface area contributed by atoms with Crippen molar-refractivity contribution in [3.8, 4) is 5.75 Å². The maximum Gasteiger partial charge on any atom is 0.291 e. The quantitative estimate of drug-likeness (QED) is 0.680. The molecule has 1 aromatic heterocycles. The number of nitrogens with one attached hydrogen (secondary N) is 2. The SMILES string of the molecule is CC(=O)Nc1ccc(NC(=O)c2ccc(COc3ccc(C)cc3)o2)cc1. The van der Waals surface area contributed by atoms with E-state index in [-0.39, 0.29) is 24.2 Å². The first kappa shape index (κ1) is 18.3. The molecule has 1 heterocycles. The molecule has 0 fully saturated rings. The highest BCUT2D eigenvalue weighted by Crippen LogP contribution is 2.17. The second-order valence-electron chi connectivity index (χ2n) is 6.08. The number of rotatable bonds is 6. The molecule has 0 atom stereocenters. The molecule has 0 spiro atoms. The molecular weight excluding hydrogens is 344 g/mol. The molecule has 0 saturated heterocycles. The van der Waals surface area contributed by atoms with Crippen LogP contribution >= 0.6 is 0 Å². The second kappa shape index (κ2) is 8.23. The van der Waals surface area contributed by atoms with Crippen LogP contribution in [0.4, 0.5) is 11.4 Å². The molecule has 0 radical (unpaired) electrons. The van der Waals surface area contributed by atoms with E-state index in [2.05, 4.69) is 10.6 Å². The summed E-state index contributed by atoms with van der Waals surface area (Å²) in [5.74, 6) is 0.985. The van der Waals surface area contributed by atoms with E-state index in [1.165, 1.54) is 6.92 Å². The van der Waals surface area contributed by atoms with Crippen molar-refractivity contribution in [2.24, 2.45) is 0 Å². The van der Waals surface area contributed by atoms with E-state index in [9.17, 15) is 9.59 Å². The Bertz CT molecular complexity index is 928. The fourth-order valence-electron chi connectivity index (χ4n) is 2.40. The molecule has 0 aliphatic heterocycles. The van der Waals surface area contributed by atoms with Crippen LogP contribution in [0.3, 0.4) is 0 Å². The highest BCUT2D eigenvalue weighted by Gasteiger charge is 2.12. The van der Waals surface area contributed by atoms with Gasteiger partial charge in [-0.3, -0.25) is 9.59 Å². The van der Waals surface area contributed by atoms with Crippen molar-refractivity contribution < 1.29 is 18.7 Å². The summed E-state index contributed by atoms with van der Waals surface area (Å²) in [4.78, 5) is 23.3. The Morgan fingerprint density at radius 3 is 2.15 bits per heavy atom. The Kier molecular flexibility index (Phi) is 5.56. The molecule has 27 heavy (non-hydrogen) atoms. The minimum atomic E-state index is -0.358. The number of furan rings is 1. The molecule has 3 aromatic rings. The average Bonchev–Trinajstić information content (AvgIpc) is 3.12. The van der Waals surface area contributed by atoms with Crippen LogP contribution in [-0.2, 0) is 11.4 Å². The lowest BCUT2D eigenvalue weighted by molar-refractivity contribution is -0.114. The fraction of sp³-hybridized carbons (Fsp3) is 0.143. The number of carbonyl (C=O) groups is 2. The van der Waals surface area contributed by atoms with Crippen LogP contribution in [0.15, 0.2) is 65.1 Å². The van der Waals surface area contributed by atoms with Gasteiger partial charge in [0.25, 0.3) is 5.91 Å². The molecule has 138 valence electrons. The smallest absolute Gasteiger partial charge is 0.291 e. The molecule has 2 aromatic carbocycles. The van der Waals surface area contributed by atoms with Gasteiger partial charge in [-0.1, -0.05) is 17.7 Å². The van der Waals surface area contributed by atoms with Crippen LogP contribution in [0, 0.1) is 6.92 Å². The van der Waals surface area contributed by atoms with E-state index >= 15 is 0 Å². The third-order valence-corrected chi connectivity index (χ3v) is 3.75. The molecule has 6 nitrogen and oxygen atoms in total. The normalized spacial score (nSPS) is 10.3. The molecule has 0 unspecified atom stereocenters. The molecular formula is C21H20N2O4. The number of benzene rings is 2. The Morgan fingerprint density at radius 1 is 0.889 bits per heavy atom. The second-order valence-corrected chi connectivity index (χ2v) is 6.08. The average molecular weight is 364 g/mol. The molecule has 2 amide bonds. The van der Waals surface area contributed by atoms with Crippen LogP contribution < -0.4 is 15.4 Å². The summed E-state index contributed by atoms with van der Waals surface area (Å²) in [6, 6.07) is 17.8. The summed E-state index contributed by atoms with van der Waals surface area (Å²) in [6.07, 6.45) is 0. The van der Waals surface area contributed by atoms with Gasteiger partial charge in [0.1, 0.15) is 18.1 Å². The molecule has 0 bridgehead atoms. The van der Waals surface area contributed by atoms with Crippen LogP contribution in [0.5, 0.6) is 5.75 Å². The molecule has 3 rings (SSSR count). The maximum absolute atomic E-state index is 12.3. The molecule has 0 aliphatic carbocycles. The summed E-state index contributed by atoms with van der Waals surface area (Å²) in [6.45, 7) is 3.68. The number of anilines is 2. The minimum Gasteiger partial charge on any atom is -0.486 e. The summed E-state index contributed by atoms with van der Waals surface area (Å²) in [7, 11) is 0. The molecule has 2 N–H and O–H groups in total. The van der Waals surface area contributed by atoms with Gasteiger partial charge in [0.05, 0.1) is 0 Å². The van der Waals surface area contributed by atoms with Gasteiger partial charge in [-0.25, -0.2) is 0 Å². The topological polar surface area (TPSA) is 80.6 Å². The van der Waals surface area contributed by atoms with Crippen molar-refractivity contribution in [3.63, 3.8) is 0 Å². The predicted molar refractivity (Wildman–Crippen MR) is 103 cm³/mol. The summed E-state index contributed by atoms with van der Waals surface area (Å²) >= 11 is 0. The summed E-state index contributed by atoms with van der Waals surface area (Å²) in [5.41, 5.74) is 2.42. The van der Waals surface area contributed by atoms with Gasteiger partial charge < -0.3 is 19.8 Å². The first-order chi connectivity index (χ1) is 13.0. The van der Waals surface area contributed by atoms with Gasteiger partial charge in [0.15, 0.2) is 5.76 Å². The van der Waals surface area contributed by atoms with Crippen molar-refractivity contribution in [2.45, 2.75) is 20.5 Å². The Balaban J connectivity index is 1.56. The zero-order valence-electron chi connectivity index (χ0n) is 15.1. The van der Waals surface area contributed by atoms with Gasteiger partial charge in [0, 0.05) is 18.3 Å². The Hall–Kier alpha value is -3.54. The van der Waals surface area contributed by atoms with E-state index in [0.717, 1.165) is 11.3 Å². The van der Waals surface area contributed by atoms with Crippen LogP contribution in [-0.4, -0.2) is 11.8 Å². The Labute approximate surface area is 157 Å². The monoisotopic (exact) mass is 364 g/mol. The van der Waals surface area contributed by atoms with Gasteiger partial charge in [-0.15, -0.1) is 0 Å². The van der Waals surface area contributed by atoms with Crippen LogP contribution in [0.1, 0.15) is 28.8 Å². The third-order valence-electron chi connectivity index (χ3n) is 3.75. The number of amides is 2. The number of aryl methyl sites for hydroxylation is 1. The lowest BCUT2D eigenvalue weighted by Gasteiger charge is -2.06. The number of hydrogen-bond donors (Lipinski definition) is 2. The van der Waals surface area contributed by atoms with Crippen LogP contribution in [0.25, 0.3) is 0 Å². The first-order valence-electron chi connectivity index (χ1n) is 8.47. The van der Waals surface area contributed by atoms with Gasteiger partial charge in [-0.2, -0.15) is 0 Å². The summed E-state index contributed by atoms with van der Waals surface area (Å²) < 4.78 is 11.2. The van der Waals surface area contributed by atoms with Crippen molar-refractivity contribution in [1.29, 1.82) is 0 Å². The zero-order chi connectivity index (χ0) is 19.2. The van der Waals surface area contributed by atoms with E-state index in [0.29, 0.717) is 17.1 Å². The highest BCUT2D eigenvalue weighted by atomic mass is 16.5. The third kappa shape index (κ3) is 5.22. The maximum atomic E-state index is 12.3. The Morgan fingerprint density at radius 2 is 1.52 bits per heavy atom. The van der Waals surface area contributed by atoms with Crippen molar-refractivity contribution in [1.82, 2.24) is 0 Å². The number of ether oxygens (including phenoxy) is 1. The van der Waals surface area contributed by atoms with Gasteiger partial charge in [-0.05, 0) is 55.5 Å². The number of carbonyl (C=O) groups excluding carboxylic acids is 2. The van der Waals surface area contributed by atoms with E-state index in [1.54, 1.807) is 36.4 Å².